The minimum absolute atomic E-state index is 0. The third kappa shape index (κ3) is 18.2. The van der Waals surface area contributed by atoms with Crippen LogP contribution in [0.15, 0.2) is 18.2 Å². The third-order valence-corrected chi connectivity index (χ3v) is 4.26. The Hall–Kier alpha value is -1.14. The van der Waals surface area contributed by atoms with Gasteiger partial charge in [0.2, 0.25) is 0 Å². The normalized spacial score (nSPS) is 12.0. The fraction of sp³-hybridized carbons (Fsp3) is 0.538. The Labute approximate surface area is 206 Å². The van der Waals surface area contributed by atoms with Crippen molar-refractivity contribution in [2.75, 3.05) is 7.11 Å². The van der Waals surface area contributed by atoms with E-state index < -0.39 is 31.3 Å². The van der Waals surface area contributed by atoms with Gasteiger partial charge < -0.3 is 44.6 Å². The molecule has 2 rings (SSSR count). The van der Waals surface area contributed by atoms with Crippen LogP contribution >= 0.6 is 0 Å². The van der Waals surface area contributed by atoms with Gasteiger partial charge in [-0.2, -0.15) is 26.3 Å². The first-order valence-electron chi connectivity index (χ1n) is 7.10. The van der Waals surface area contributed by atoms with Crippen LogP contribution in [-0.4, -0.2) is 44.1 Å². The minimum atomic E-state index is -6.09. The molecule has 21 heteroatoms. The molecule has 210 valence electrons. The van der Waals surface area contributed by atoms with Crippen molar-refractivity contribution >= 4 is 20.2 Å². The van der Waals surface area contributed by atoms with Crippen LogP contribution in [0, 0.1) is 0 Å². The molecule has 0 aromatic heterocycles. The summed E-state index contributed by atoms with van der Waals surface area (Å²) in [6.07, 6.45) is 5.16. The second-order valence-corrected chi connectivity index (χ2v) is 7.88. The van der Waals surface area contributed by atoms with Crippen molar-refractivity contribution in [3.05, 3.63) is 29.3 Å². The fourth-order valence-corrected chi connectivity index (χ4v) is 1.84. The molecule has 0 fully saturated rings. The van der Waals surface area contributed by atoms with Gasteiger partial charge in [0.05, 0.1) is 7.11 Å². The first-order chi connectivity index (χ1) is 12.4. The van der Waals surface area contributed by atoms with Crippen LogP contribution in [0.1, 0.15) is 24.0 Å². The zero-order valence-electron chi connectivity index (χ0n) is 17.9. The molecule has 1 aromatic carbocycles. The van der Waals surface area contributed by atoms with Crippen LogP contribution in [0.2, 0.25) is 0 Å². The summed E-state index contributed by atoms with van der Waals surface area (Å²) in [7, 11) is -10.5. The smallest absolute Gasteiger partial charge is 0.741 e. The summed E-state index contributed by atoms with van der Waals surface area (Å²) in [4.78, 5) is 0. The van der Waals surface area contributed by atoms with E-state index in [2.05, 4.69) is 18.2 Å². The van der Waals surface area contributed by atoms with Crippen LogP contribution in [0.25, 0.3) is 0 Å². The molecule has 0 heterocycles. The van der Waals surface area contributed by atoms with Gasteiger partial charge in [0.15, 0.2) is 20.2 Å². The van der Waals surface area contributed by atoms with E-state index in [0.29, 0.717) is 0 Å². The van der Waals surface area contributed by atoms with Crippen molar-refractivity contribution in [2.24, 2.45) is 0 Å². The van der Waals surface area contributed by atoms with E-state index in [1.807, 2.05) is 0 Å². The SMILES string of the molecule is COc1ccc2c(c1)CCCC2.N.N.N.N.N.O=S(=O)([O-])C(F)(F)F.O=S(=O)([O-])C(F)(F)F.[Os+2]. The molecule has 15 N–H and O–H groups in total. The summed E-state index contributed by atoms with van der Waals surface area (Å²) >= 11 is 0. The fourth-order valence-electron chi connectivity index (χ4n) is 1.84. The second kappa shape index (κ2) is 19.1. The number of methoxy groups -OCH3 is 1. The molecule has 0 radical (unpaired) electrons. The maximum absolute atomic E-state index is 10.7. The van der Waals surface area contributed by atoms with Gasteiger partial charge in [0.25, 0.3) is 0 Å². The molecular formula is C13H29F6N5O7OsS2. The minimum Gasteiger partial charge on any atom is -0.741 e. The van der Waals surface area contributed by atoms with Crippen LogP contribution in [0.4, 0.5) is 26.3 Å². The molecule has 34 heavy (non-hydrogen) atoms. The first kappa shape index (κ1) is 49.9. The van der Waals surface area contributed by atoms with E-state index in [1.165, 1.54) is 36.8 Å². The van der Waals surface area contributed by atoms with Gasteiger partial charge in [-0.3, -0.25) is 0 Å². The molecule has 12 nitrogen and oxygen atoms in total. The molecule has 0 saturated carbocycles. The Morgan fingerprint density at radius 2 is 1.03 bits per heavy atom. The van der Waals surface area contributed by atoms with Gasteiger partial charge in [-0.05, 0) is 48.9 Å². The molecule has 0 aliphatic heterocycles. The standard InChI is InChI=1S/C11H14O.2CHF3O3S.5H3N.Os/c1-12-11-7-6-9-4-2-3-5-10(9)8-11;2*2-1(3,4)8(5,6)7;;;;;;/h6-8H,2-5H2,1H3;2*(H,5,6,7);5*1H3;/q;;;;;;;;+2/p-2. The Kier molecular flexibility index (Phi) is 28.0. The van der Waals surface area contributed by atoms with Crippen LogP contribution in [-0.2, 0) is 52.9 Å². The number of fused-ring (bicyclic) bond motifs is 1. The molecule has 1 aliphatic carbocycles. The average molecular weight is 736 g/mol. The summed E-state index contributed by atoms with van der Waals surface area (Å²) in [6.45, 7) is 0. The third-order valence-electron chi connectivity index (χ3n) is 3.12. The topological polar surface area (TPSA) is 299 Å². The largest absolute Gasteiger partial charge is 2.00 e. The van der Waals surface area contributed by atoms with Crippen LogP contribution < -0.4 is 35.5 Å². The second-order valence-electron chi connectivity index (χ2n) is 5.14. The Morgan fingerprint density at radius 3 is 1.29 bits per heavy atom. The van der Waals surface area contributed by atoms with Crippen molar-refractivity contribution < 1.29 is 76.8 Å². The van der Waals surface area contributed by atoms with Crippen molar-refractivity contribution in [1.82, 2.24) is 30.8 Å². The van der Waals surface area contributed by atoms with Crippen LogP contribution in [0.5, 0.6) is 5.75 Å². The van der Waals surface area contributed by atoms with Crippen molar-refractivity contribution in [1.29, 1.82) is 0 Å². The molecule has 1 aliphatic rings. The Balaban J connectivity index is -0.0000000610. The quantitative estimate of drug-likeness (QED) is 0.157. The number of halogens is 6. The molecule has 1 aromatic rings. The number of alkyl halides is 6. The molecule has 0 spiro atoms. The first-order valence-corrected chi connectivity index (χ1v) is 9.92. The Morgan fingerprint density at radius 1 is 0.735 bits per heavy atom. The predicted octanol–water partition coefficient (Wildman–Crippen LogP) is 3.48. The summed E-state index contributed by atoms with van der Waals surface area (Å²) in [5.41, 5.74) is -8.29. The van der Waals surface area contributed by atoms with Crippen molar-refractivity contribution in [2.45, 2.75) is 36.7 Å². The van der Waals surface area contributed by atoms with E-state index in [4.69, 9.17) is 30.7 Å². The predicted molar refractivity (Wildman–Crippen MR) is 106 cm³/mol. The van der Waals surface area contributed by atoms with Gasteiger partial charge in [-0.25, -0.2) is 16.8 Å². The molecule has 0 amide bonds. The van der Waals surface area contributed by atoms with E-state index in [0.717, 1.165) is 5.75 Å². The van der Waals surface area contributed by atoms with Gasteiger partial charge >= 0.3 is 30.8 Å². The molecule has 0 bridgehead atoms. The van der Waals surface area contributed by atoms with Crippen molar-refractivity contribution in [3.8, 4) is 5.75 Å². The van der Waals surface area contributed by atoms with E-state index in [1.54, 1.807) is 7.11 Å². The van der Waals surface area contributed by atoms with E-state index >= 15 is 0 Å². The number of benzene rings is 1. The molecule has 0 atom stereocenters. The number of aryl methyl sites for hydroxylation is 2. The monoisotopic (exact) mass is 737 g/mol. The summed E-state index contributed by atoms with van der Waals surface area (Å²) < 4.78 is 123. The zero-order chi connectivity index (χ0) is 22.4. The maximum atomic E-state index is 10.7. The number of rotatable bonds is 1. The molecule has 0 unspecified atom stereocenters. The van der Waals surface area contributed by atoms with Gasteiger partial charge in [-0.1, -0.05) is 6.07 Å². The molecule has 0 saturated heterocycles. The van der Waals surface area contributed by atoms with Crippen LogP contribution in [0.3, 0.4) is 0 Å². The van der Waals surface area contributed by atoms with Gasteiger partial charge in [0, 0.05) is 0 Å². The number of hydrogen-bond acceptors (Lipinski definition) is 12. The van der Waals surface area contributed by atoms with E-state index in [-0.39, 0.29) is 50.5 Å². The maximum Gasteiger partial charge on any atom is 2.00 e. The summed E-state index contributed by atoms with van der Waals surface area (Å²) in [5, 5.41) is 0. The van der Waals surface area contributed by atoms with E-state index in [9.17, 15) is 26.3 Å². The number of hydrogen-bond donors (Lipinski definition) is 5. The van der Waals surface area contributed by atoms with Gasteiger partial charge in [-0.15, -0.1) is 0 Å². The summed E-state index contributed by atoms with van der Waals surface area (Å²) in [5.74, 6) is 0.996. The summed E-state index contributed by atoms with van der Waals surface area (Å²) in [6, 6.07) is 6.44. The average Bonchev–Trinajstić information content (AvgIpc) is 2.51. The number of ether oxygens (including phenoxy) is 1. The Bertz CT molecular complexity index is 830. The van der Waals surface area contributed by atoms with Crippen molar-refractivity contribution in [3.63, 3.8) is 0 Å². The zero-order valence-corrected chi connectivity index (χ0v) is 22.1. The molecular weight excluding hydrogens is 707 g/mol. The van der Waals surface area contributed by atoms with Gasteiger partial charge in [0.1, 0.15) is 5.75 Å².